The van der Waals surface area contributed by atoms with Crippen LogP contribution in [0.15, 0.2) is 24.3 Å². The quantitative estimate of drug-likeness (QED) is 0.253. The van der Waals surface area contributed by atoms with E-state index in [-0.39, 0.29) is 30.4 Å². The van der Waals surface area contributed by atoms with E-state index in [9.17, 15) is 18.5 Å². The van der Waals surface area contributed by atoms with Gasteiger partial charge >= 0.3 is 7.82 Å². The lowest BCUT2D eigenvalue weighted by Crippen LogP contribution is -2.30. The van der Waals surface area contributed by atoms with Gasteiger partial charge in [-0.3, -0.25) is 19.4 Å². The van der Waals surface area contributed by atoms with Gasteiger partial charge in [0.2, 0.25) is 6.17 Å². The summed E-state index contributed by atoms with van der Waals surface area (Å²) in [6.07, 6.45) is 4.91. The van der Waals surface area contributed by atoms with Crippen LogP contribution in [0.5, 0.6) is 5.75 Å². The average Bonchev–Trinajstić information content (AvgIpc) is 2.79. The largest absolute Gasteiger partial charge is 0.524 e. The number of benzene rings is 1. The zero-order chi connectivity index (χ0) is 24.1. The Balaban J connectivity index is 1.48. The topological polar surface area (TPSA) is 131 Å². The summed E-state index contributed by atoms with van der Waals surface area (Å²) < 4.78 is 40.2. The lowest BCUT2D eigenvalue weighted by atomic mass is 9.85. The molecule has 1 atom stereocenters. The van der Waals surface area contributed by atoms with Crippen molar-refractivity contribution in [2.75, 3.05) is 33.0 Å². The van der Waals surface area contributed by atoms with E-state index < -0.39 is 19.9 Å². The number of carbonyl (C=O) groups is 2. The first-order valence-electron chi connectivity index (χ1n) is 11.2. The molecule has 0 aliphatic heterocycles. The number of hydrogen-bond donors (Lipinski definition) is 3. The fraction of sp³-hybridized carbons (Fsp3) is 0.636. The van der Waals surface area contributed by atoms with Gasteiger partial charge in [-0.25, -0.2) is 8.96 Å². The smallest absolute Gasteiger partial charge is 0.404 e. The molecule has 186 valence electrons. The van der Waals surface area contributed by atoms with E-state index in [0.717, 1.165) is 25.7 Å². The first-order valence-corrected chi connectivity index (χ1v) is 12.7. The van der Waals surface area contributed by atoms with Crippen LogP contribution in [-0.2, 0) is 23.6 Å². The number of Topliss-reactive ketones (excluding diaryl/α,β-unsaturated/α-hetero) is 1. The van der Waals surface area contributed by atoms with Gasteiger partial charge in [-0.15, -0.1) is 0 Å². The minimum Gasteiger partial charge on any atom is -0.404 e. The van der Waals surface area contributed by atoms with E-state index in [1.54, 1.807) is 0 Å². The highest BCUT2D eigenvalue weighted by molar-refractivity contribution is 7.46. The Labute approximate surface area is 193 Å². The van der Waals surface area contributed by atoms with Crippen LogP contribution in [0.3, 0.4) is 0 Å². The molecule has 0 radical (unpaired) electrons. The lowest BCUT2D eigenvalue weighted by molar-refractivity contribution is -0.126. The summed E-state index contributed by atoms with van der Waals surface area (Å²) in [6, 6.07) is 4.77. The fourth-order valence-electron chi connectivity index (χ4n) is 3.62. The highest BCUT2D eigenvalue weighted by Crippen LogP contribution is 2.37. The summed E-state index contributed by atoms with van der Waals surface area (Å²) in [4.78, 5) is 41.4. The monoisotopic (exact) mass is 489 g/mol. The second-order valence-corrected chi connectivity index (χ2v) is 9.10. The number of ketones is 1. The van der Waals surface area contributed by atoms with E-state index in [4.69, 9.17) is 19.3 Å². The van der Waals surface area contributed by atoms with Gasteiger partial charge in [0.05, 0.1) is 19.8 Å². The van der Waals surface area contributed by atoms with Crippen LogP contribution < -0.4 is 9.84 Å². The number of phosphoric ester groups is 1. The number of alkyl halides is 1. The van der Waals surface area contributed by atoms with Gasteiger partial charge in [0.1, 0.15) is 11.5 Å². The molecule has 1 saturated carbocycles. The number of carbonyl (C=O) groups excluding carboxylic acids is 2. The van der Waals surface area contributed by atoms with Crippen LogP contribution in [-0.4, -0.2) is 54.4 Å². The third-order valence-electron chi connectivity index (χ3n) is 5.32. The van der Waals surface area contributed by atoms with Gasteiger partial charge in [-0.05, 0) is 37.0 Å². The van der Waals surface area contributed by atoms with Crippen LogP contribution in [0, 0.1) is 5.92 Å². The molecule has 0 saturated heterocycles. The van der Waals surface area contributed by atoms with Crippen LogP contribution in [0.25, 0.3) is 0 Å². The summed E-state index contributed by atoms with van der Waals surface area (Å²) in [5.74, 6) is -0.392. The maximum Gasteiger partial charge on any atom is 0.524 e. The van der Waals surface area contributed by atoms with Gasteiger partial charge in [0, 0.05) is 25.5 Å². The van der Waals surface area contributed by atoms with Gasteiger partial charge in [0.25, 0.3) is 5.91 Å². The van der Waals surface area contributed by atoms with Crippen molar-refractivity contribution in [2.45, 2.75) is 51.1 Å². The molecular formula is C22H33FNO8P. The highest BCUT2D eigenvalue weighted by atomic mass is 31.2. The second kappa shape index (κ2) is 14.4. The van der Waals surface area contributed by atoms with Crippen molar-refractivity contribution < 1.29 is 42.3 Å². The summed E-state index contributed by atoms with van der Waals surface area (Å²) in [5, 5.41) is 2.42. The molecule has 0 spiro atoms. The van der Waals surface area contributed by atoms with E-state index in [1.165, 1.54) is 30.7 Å². The predicted octanol–water partition coefficient (Wildman–Crippen LogP) is 3.25. The minimum absolute atomic E-state index is 0.0295. The molecular weight excluding hydrogens is 456 g/mol. The Morgan fingerprint density at radius 2 is 1.67 bits per heavy atom. The van der Waals surface area contributed by atoms with Gasteiger partial charge < -0.3 is 19.3 Å². The molecule has 1 fully saturated rings. The first kappa shape index (κ1) is 27.4. The average molecular weight is 489 g/mol. The van der Waals surface area contributed by atoms with Crippen molar-refractivity contribution in [3.63, 3.8) is 0 Å². The van der Waals surface area contributed by atoms with Crippen LogP contribution in [0.2, 0.25) is 0 Å². The summed E-state index contributed by atoms with van der Waals surface area (Å²) in [5.41, 5.74) is 0.0295. The van der Waals surface area contributed by atoms with Crippen molar-refractivity contribution >= 4 is 19.5 Å². The van der Waals surface area contributed by atoms with E-state index in [1.807, 2.05) is 0 Å². The third kappa shape index (κ3) is 11.2. The van der Waals surface area contributed by atoms with E-state index in [2.05, 4.69) is 9.84 Å². The molecule has 11 heteroatoms. The molecule has 0 bridgehead atoms. The molecule has 2 rings (SSSR count). The minimum atomic E-state index is -4.70. The van der Waals surface area contributed by atoms with Crippen molar-refractivity contribution in [2.24, 2.45) is 5.92 Å². The molecule has 1 amide bonds. The number of phosphoric acid groups is 1. The maximum atomic E-state index is 14.2. The number of ether oxygens (including phenoxy) is 2. The molecule has 0 aromatic heterocycles. The van der Waals surface area contributed by atoms with Gasteiger partial charge in [-0.1, -0.05) is 31.4 Å². The van der Waals surface area contributed by atoms with Crippen molar-refractivity contribution in [3.8, 4) is 5.75 Å². The molecule has 33 heavy (non-hydrogen) atoms. The Kier molecular flexibility index (Phi) is 12.0. The van der Waals surface area contributed by atoms with Gasteiger partial charge in [-0.2, -0.15) is 0 Å². The molecule has 1 unspecified atom stereocenters. The summed E-state index contributed by atoms with van der Waals surface area (Å²) >= 11 is 0. The molecule has 1 aliphatic rings. The Bertz CT molecular complexity index is 779. The number of nitrogens with one attached hydrogen (secondary N) is 1. The normalized spacial score (nSPS) is 15.7. The van der Waals surface area contributed by atoms with E-state index in [0.29, 0.717) is 38.4 Å². The fourth-order valence-corrected chi connectivity index (χ4v) is 4.02. The lowest BCUT2D eigenvalue weighted by Gasteiger charge is -2.20. The van der Waals surface area contributed by atoms with Gasteiger partial charge in [0.15, 0.2) is 0 Å². The number of rotatable bonds is 15. The molecule has 0 heterocycles. The molecule has 1 aliphatic carbocycles. The Morgan fingerprint density at radius 1 is 1.03 bits per heavy atom. The third-order valence-corrected chi connectivity index (χ3v) is 5.77. The Hall–Kier alpha value is -1.84. The maximum absolute atomic E-state index is 14.2. The molecule has 1 aromatic carbocycles. The SMILES string of the molecule is O=C(CCCOCCOCCNC(=O)C(F)c1ccc(OP(=O)(O)O)cc1)C1CCCCC1. The standard InChI is InChI=1S/C22H33FNO8P/c23-21(18-8-10-19(11-9-18)32-33(27,28)29)22(26)24-12-14-31-16-15-30-13-4-7-20(25)17-5-2-1-3-6-17/h8-11,17,21H,1-7,12-16H2,(H,24,26)(H2,27,28,29). The van der Waals surface area contributed by atoms with Crippen molar-refractivity contribution in [1.82, 2.24) is 5.32 Å². The predicted molar refractivity (Wildman–Crippen MR) is 118 cm³/mol. The second-order valence-electron chi connectivity index (χ2n) is 7.93. The van der Waals surface area contributed by atoms with Crippen LogP contribution in [0.1, 0.15) is 56.7 Å². The number of amides is 1. The van der Waals surface area contributed by atoms with E-state index >= 15 is 0 Å². The van der Waals surface area contributed by atoms with Crippen LogP contribution >= 0.6 is 7.82 Å². The first-order chi connectivity index (χ1) is 15.8. The highest BCUT2D eigenvalue weighted by Gasteiger charge is 2.21. The van der Waals surface area contributed by atoms with Crippen molar-refractivity contribution in [1.29, 1.82) is 0 Å². The summed E-state index contributed by atoms with van der Waals surface area (Å²) in [6.45, 7) is 1.51. The molecule has 3 N–H and O–H groups in total. The zero-order valence-corrected chi connectivity index (χ0v) is 19.5. The summed E-state index contributed by atoms with van der Waals surface area (Å²) in [7, 11) is -4.70. The zero-order valence-electron chi connectivity index (χ0n) is 18.6. The number of hydrogen-bond acceptors (Lipinski definition) is 6. The number of halogens is 1. The molecule has 1 aromatic rings. The molecule has 9 nitrogen and oxygen atoms in total. The van der Waals surface area contributed by atoms with Crippen molar-refractivity contribution in [3.05, 3.63) is 29.8 Å². The Morgan fingerprint density at radius 3 is 2.30 bits per heavy atom. The van der Waals surface area contributed by atoms with Crippen LogP contribution in [0.4, 0.5) is 4.39 Å².